The molecule has 1 aliphatic rings. The number of rotatable bonds is 7. The topological polar surface area (TPSA) is 88.6 Å². The number of benzene rings is 2. The summed E-state index contributed by atoms with van der Waals surface area (Å²) >= 11 is 0. The van der Waals surface area contributed by atoms with Crippen molar-refractivity contribution in [2.45, 2.75) is 41.5 Å². The van der Waals surface area contributed by atoms with Gasteiger partial charge in [-0.15, -0.1) is 0 Å². The predicted molar refractivity (Wildman–Crippen MR) is 111 cm³/mol. The molecular weight excluding hydrogens is 410 g/mol. The summed E-state index contributed by atoms with van der Waals surface area (Å²) in [5, 5.41) is 0. The average molecular weight is 436 g/mol. The summed E-state index contributed by atoms with van der Waals surface area (Å²) in [6, 6.07) is 14.5. The highest BCUT2D eigenvalue weighted by atomic mass is 32.2. The highest BCUT2D eigenvalue weighted by Crippen LogP contribution is 2.23. The van der Waals surface area contributed by atoms with E-state index < -0.39 is 19.7 Å². The summed E-state index contributed by atoms with van der Waals surface area (Å²) in [7, 11) is -6.69. The third kappa shape index (κ3) is 5.45. The smallest absolute Gasteiger partial charge is 0.223 e. The van der Waals surface area contributed by atoms with Gasteiger partial charge < -0.3 is 4.90 Å². The van der Waals surface area contributed by atoms with Crippen LogP contribution in [0.3, 0.4) is 0 Å². The first-order chi connectivity index (χ1) is 13.7. The molecule has 1 fully saturated rings. The Balaban J connectivity index is 1.61. The van der Waals surface area contributed by atoms with Crippen LogP contribution in [0.25, 0.3) is 0 Å². The molecule has 0 aromatic heterocycles. The second-order valence-electron chi connectivity index (χ2n) is 7.39. The van der Waals surface area contributed by atoms with Crippen molar-refractivity contribution in [2.75, 3.05) is 18.6 Å². The maximum Gasteiger partial charge on any atom is 0.223 e. The Morgan fingerprint density at radius 3 is 2.24 bits per heavy atom. The lowest BCUT2D eigenvalue weighted by Gasteiger charge is -2.24. The molecule has 6 nitrogen and oxygen atoms in total. The fraction of sp³-hybridized carbons (Fsp3) is 0.381. The summed E-state index contributed by atoms with van der Waals surface area (Å²) in [4.78, 5) is 14.9. The van der Waals surface area contributed by atoms with Crippen LogP contribution in [0.2, 0.25) is 0 Å². The molecule has 8 heteroatoms. The summed E-state index contributed by atoms with van der Waals surface area (Å²) in [6.07, 6.45) is 3.38. The van der Waals surface area contributed by atoms with E-state index in [0.717, 1.165) is 18.2 Å². The maximum absolute atomic E-state index is 12.7. The Morgan fingerprint density at radius 2 is 1.62 bits per heavy atom. The zero-order valence-electron chi connectivity index (χ0n) is 16.3. The van der Waals surface area contributed by atoms with Gasteiger partial charge >= 0.3 is 0 Å². The highest BCUT2D eigenvalue weighted by molar-refractivity contribution is 7.91. The van der Waals surface area contributed by atoms with Gasteiger partial charge in [-0.1, -0.05) is 30.3 Å². The maximum atomic E-state index is 12.7. The van der Waals surface area contributed by atoms with Crippen molar-refractivity contribution in [3.63, 3.8) is 0 Å². The lowest BCUT2D eigenvalue weighted by atomic mass is 10.1. The Kier molecular flexibility index (Phi) is 6.43. The molecule has 0 spiro atoms. The molecule has 1 heterocycles. The van der Waals surface area contributed by atoms with Crippen molar-refractivity contribution >= 4 is 25.6 Å². The van der Waals surface area contributed by atoms with Crippen LogP contribution in [0.4, 0.5) is 0 Å². The van der Waals surface area contributed by atoms with Crippen LogP contribution in [0.1, 0.15) is 24.8 Å². The number of sulfone groups is 2. The number of nitrogens with zero attached hydrogens (tertiary/aromatic N) is 1. The summed E-state index contributed by atoms with van der Waals surface area (Å²) in [6.45, 7) is 0.570. The minimum absolute atomic E-state index is 0.0637. The van der Waals surface area contributed by atoms with E-state index in [0.29, 0.717) is 19.4 Å². The molecule has 1 amide bonds. The number of carbonyl (C=O) groups is 1. The quantitative estimate of drug-likeness (QED) is 0.667. The van der Waals surface area contributed by atoms with Crippen molar-refractivity contribution in [2.24, 2.45) is 0 Å². The van der Waals surface area contributed by atoms with Crippen LogP contribution in [-0.2, 0) is 30.9 Å². The van der Waals surface area contributed by atoms with Crippen LogP contribution in [0.15, 0.2) is 64.4 Å². The molecule has 29 heavy (non-hydrogen) atoms. The van der Waals surface area contributed by atoms with Crippen LogP contribution < -0.4 is 0 Å². The number of likely N-dealkylation sites (tertiary alicyclic amines) is 1. The van der Waals surface area contributed by atoms with Gasteiger partial charge in [-0.25, -0.2) is 16.8 Å². The second kappa shape index (κ2) is 8.67. The molecule has 0 saturated carbocycles. The zero-order valence-corrected chi connectivity index (χ0v) is 18.0. The summed E-state index contributed by atoms with van der Waals surface area (Å²) in [5.74, 6) is -0.130. The Morgan fingerprint density at radius 1 is 0.966 bits per heavy atom. The summed E-state index contributed by atoms with van der Waals surface area (Å²) in [5.41, 5.74) is 0.874. The van der Waals surface area contributed by atoms with Gasteiger partial charge in [0.15, 0.2) is 19.7 Å². The van der Waals surface area contributed by atoms with Crippen LogP contribution in [-0.4, -0.2) is 52.2 Å². The number of amides is 1. The van der Waals surface area contributed by atoms with Crippen molar-refractivity contribution < 1.29 is 21.6 Å². The van der Waals surface area contributed by atoms with E-state index in [1.807, 2.05) is 0 Å². The van der Waals surface area contributed by atoms with Crippen molar-refractivity contribution in [3.8, 4) is 0 Å². The standard InChI is InChI=1S/C21H25NO5S2/c1-28(24,25)19-12-9-17(10-13-19)11-14-21(23)22-15-5-6-18(22)16-29(26,27)20-7-3-2-4-8-20/h2-4,7-10,12-13,18H,5-6,11,14-16H2,1H3. The van der Waals surface area contributed by atoms with Crippen LogP contribution >= 0.6 is 0 Å². The van der Waals surface area contributed by atoms with E-state index >= 15 is 0 Å². The first kappa shape index (κ1) is 21.5. The average Bonchev–Trinajstić information content (AvgIpc) is 3.14. The molecule has 156 valence electrons. The van der Waals surface area contributed by atoms with Gasteiger partial charge in [-0.05, 0) is 49.1 Å². The molecule has 0 radical (unpaired) electrons. The predicted octanol–water partition coefficient (Wildman–Crippen LogP) is 2.49. The normalized spacial score (nSPS) is 17.4. The number of hydrogen-bond acceptors (Lipinski definition) is 5. The van der Waals surface area contributed by atoms with Gasteiger partial charge in [-0.2, -0.15) is 0 Å². The van der Waals surface area contributed by atoms with E-state index in [1.54, 1.807) is 59.5 Å². The fourth-order valence-corrected chi connectivity index (χ4v) is 5.86. The first-order valence-corrected chi connectivity index (χ1v) is 13.1. The highest BCUT2D eigenvalue weighted by Gasteiger charge is 2.32. The third-order valence-electron chi connectivity index (χ3n) is 5.19. The van der Waals surface area contributed by atoms with Gasteiger partial charge in [0.05, 0.1) is 15.5 Å². The SMILES string of the molecule is CS(=O)(=O)c1ccc(CCC(=O)N2CCCC2CS(=O)(=O)c2ccccc2)cc1. The van der Waals surface area contributed by atoms with E-state index in [4.69, 9.17) is 0 Å². The molecule has 1 saturated heterocycles. The van der Waals surface area contributed by atoms with E-state index in [1.165, 1.54) is 0 Å². The molecule has 0 N–H and O–H groups in total. The van der Waals surface area contributed by atoms with Crippen LogP contribution in [0, 0.1) is 0 Å². The molecule has 2 aromatic carbocycles. The lowest BCUT2D eigenvalue weighted by molar-refractivity contribution is -0.131. The Bertz CT molecular complexity index is 1060. The zero-order chi connectivity index (χ0) is 21.1. The largest absolute Gasteiger partial charge is 0.339 e. The molecule has 0 aliphatic carbocycles. The molecular formula is C21H25NO5S2. The molecule has 3 rings (SSSR count). The molecule has 1 atom stereocenters. The van der Waals surface area contributed by atoms with Crippen molar-refractivity contribution in [1.29, 1.82) is 0 Å². The number of hydrogen-bond donors (Lipinski definition) is 0. The molecule has 2 aromatic rings. The number of carbonyl (C=O) groups excluding carboxylic acids is 1. The summed E-state index contributed by atoms with van der Waals surface area (Å²) < 4.78 is 48.4. The molecule has 0 bridgehead atoms. The molecule has 1 unspecified atom stereocenters. The lowest BCUT2D eigenvalue weighted by Crippen LogP contribution is -2.39. The van der Waals surface area contributed by atoms with Gasteiger partial charge in [0.1, 0.15) is 0 Å². The minimum Gasteiger partial charge on any atom is -0.339 e. The second-order valence-corrected chi connectivity index (χ2v) is 11.4. The number of aryl methyl sites for hydroxylation is 1. The molecule has 1 aliphatic heterocycles. The fourth-order valence-electron chi connectivity index (χ4n) is 3.61. The van der Waals surface area contributed by atoms with Crippen molar-refractivity contribution in [1.82, 2.24) is 4.90 Å². The van der Waals surface area contributed by atoms with E-state index in [2.05, 4.69) is 0 Å². The van der Waals surface area contributed by atoms with Gasteiger partial charge in [0, 0.05) is 25.3 Å². The van der Waals surface area contributed by atoms with Crippen molar-refractivity contribution in [3.05, 3.63) is 60.2 Å². The van der Waals surface area contributed by atoms with Crippen LogP contribution in [0.5, 0.6) is 0 Å². The van der Waals surface area contributed by atoms with E-state index in [9.17, 15) is 21.6 Å². The van der Waals surface area contributed by atoms with E-state index in [-0.39, 0.29) is 33.9 Å². The first-order valence-electron chi connectivity index (χ1n) is 9.53. The monoisotopic (exact) mass is 435 g/mol. The minimum atomic E-state index is -3.45. The third-order valence-corrected chi connectivity index (χ3v) is 8.13. The van der Waals surface area contributed by atoms with Gasteiger partial charge in [-0.3, -0.25) is 4.79 Å². The van der Waals surface area contributed by atoms with Gasteiger partial charge in [0.2, 0.25) is 5.91 Å². The van der Waals surface area contributed by atoms with Gasteiger partial charge in [0.25, 0.3) is 0 Å². The Hall–Kier alpha value is -2.19. The Labute approximate surface area is 172 Å².